The number of aryl methyl sites for hydroxylation is 2. The first-order valence-corrected chi connectivity index (χ1v) is 5.44. The first-order chi connectivity index (χ1) is 7.20. The second-order valence-electron chi connectivity index (χ2n) is 3.52. The highest BCUT2D eigenvalue weighted by Gasteiger charge is 2.18. The van der Waals surface area contributed by atoms with E-state index in [4.69, 9.17) is 9.15 Å². The minimum atomic E-state index is -0.269. The van der Waals surface area contributed by atoms with Crippen molar-refractivity contribution in [2.24, 2.45) is 0 Å². The molecule has 0 aliphatic rings. The summed E-state index contributed by atoms with van der Waals surface area (Å²) in [5.41, 5.74) is 1.58. The lowest BCUT2D eigenvalue weighted by molar-refractivity contribution is 0.0523. The van der Waals surface area contributed by atoms with E-state index < -0.39 is 0 Å². The molecule has 0 saturated carbocycles. The second kappa shape index (κ2) is 5.59. The van der Waals surface area contributed by atoms with Crippen LogP contribution in [-0.4, -0.2) is 12.6 Å². The van der Waals surface area contributed by atoms with Gasteiger partial charge in [-0.2, -0.15) is 0 Å². The predicted octanol–water partition coefficient (Wildman–Crippen LogP) is 3.11. The zero-order valence-corrected chi connectivity index (χ0v) is 9.63. The number of carbonyl (C=O) groups excluding carboxylic acids is 1. The molecule has 0 bridgehead atoms. The summed E-state index contributed by atoms with van der Waals surface area (Å²) in [5, 5.41) is 0. The van der Waals surface area contributed by atoms with E-state index in [-0.39, 0.29) is 5.97 Å². The van der Waals surface area contributed by atoms with E-state index in [1.54, 1.807) is 20.1 Å². The van der Waals surface area contributed by atoms with Crippen molar-refractivity contribution in [2.45, 2.75) is 40.0 Å². The van der Waals surface area contributed by atoms with E-state index in [2.05, 4.69) is 6.92 Å². The standard InChI is InChI=1S/C12H18O3/c1-4-6-7-10-8-15-9(3)11(10)12(13)14-5-2/h8H,4-7H2,1-3H3. The van der Waals surface area contributed by atoms with Gasteiger partial charge in [0.2, 0.25) is 0 Å². The number of furan rings is 1. The van der Waals surface area contributed by atoms with Gasteiger partial charge >= 0.3 is 5.97 Å². The molecule has 3 heteroatoms. The quantitative estimate of drug-likeness (QED) is 0.701. The molecule has 0 saturated heterocycles. The van der Waals surface area contributed by atoms with Crippen molar-refractivity contribution in [3.63, 3.8) is 0 Å². The summed E-state index contributed by atoms with van der Waals surface area (Å²) in [6.07, 6.45) is 4.71. The molecule has 0 atom stereocenters. The maximum atomic E-state index is 11.6. The SMILES string of the molecule is CCCCc1coc(C)c1C(=O)OCC. The normalized spacial score (nSPS) is 10.3. The molecule has 15 heavy (non-hydrogen) atoms. The molecule has 0 unspecified atom stereocenters. The van der Waals surface area contributed by atoms with Crippen LogP contribution in [0.1, 0.15) is 48.4 Å². The van der Waals surface area contributed by atoms with Crippen LogP contribution in [0.3, 0.4) is 0 Å². The van der Waals surface area contributed by atoms with Gasteiger partial charge in [0.05, 0.1) is 12.9 Å². The van der Waals surface area contributed by atoms with Gasteiger partial charge < -0.3 is 9.15 Å². The van der Waals surface area contributed by atoms with Crippen LogP contribution in [0.25, 0.3) is 0 Å². The van der Waals surface area contributed by atoms with Crippen molar-refractivity contribution in [1.82, 2.24) is 0 Å². The Kier molecular flexibility index (Phi) is 4.40. The highest BCUT2D eigenvalue weighted by Crippen LogP contribution is 2.19. The lowest BCUT2D eigenvalue weighted by Crippen LogP contribution is -2.07. The largest absolute Gasteiger partial charge is 0.468 e. The van der Waals surface area contributed by atoms with Gasteiger partial charge in [-0.25, -0.2) is 4.79 Å². The fraction of sp³-hybridized carbons (Fsp3) is 0.583. The third-order valence-corrected chi connectivity index (χ3v) is 2.33. The Bertz CT molecular complexity index is 326. The molecule has 0 amide bonds. The Labute approximate surface area is 90.4 Å². The van der Waals surface area contributed by atoms with Crippen molar-refractivity contribution < 1.29 is 13.9 Å². The summed E-state index contributed by atoms with van der Waals surface area (Å²) >= 11 is 0. The van der Waals surface area contributed by atoms with Gasteiger partial charge in [-0.15, -0.1) is 0 Å². The minimum absolute atomic E-state index is 0.269. The molecule has 1 rings (SSSR count). The molecule has 1 aromatic rings. The Balaban J connectivity index is 2.83. The van der Waals surface area contributed by atoms with Crippen LogP contribution >= 0.6 is 0 Å². The zero-order chi connectivity index (χ0) is 11.3. The second-order valence-corrected chi connectivity index (χ2v) is 3.52. The Morgan fingerprint density at radius 2 is 2.20 bits per heavy atom. The van der Waals surface area contributed by atoms with Gasteiger partial charge in [0.1, 0.15) is 11.3 Å². The van der Waals surface area contributed by atoms with Crippen LogP contribution in [0, 0.1) is 6.92 Å². The maximum absolute atomic E-state index is 11.6. The number of esters is 1. The first kappa shape index (κ1) is 11.8. The lowest BCUT2D eigenvalue weighted by atomic mass is 10.1. The molecule has 0 fully saturated rings. The number of hydrogen-bond acceptors (Lipinski definition) is 3. The Morgan fingerprint density at radius 1 is 1.47 bits per heavy atom. The number of hydrogen-bond donors (Lipinski definition) is 0. The van der Waals surface area contributed by atoms with Gasteiger partial charge in [0, 0.05) is 5.56 Å². The summed E-state index contributed by atoms with van der Waals surface area (Å²) in [6, 6.07) is 0. The van der Waals surface area contributed by atoms with Crippen LogP contribution in [0.5, 0.6) is 0 Å². The monoisotopic (exact) mass is 210 g/mol. The van der Waals surface area contributed by atoms with Crippen LogP contribution in [0.4, 0.5) is 0 Å². The van der Waals surface area contributed by atoms with Gasteiger partial charge in [0.25, 0.3) is 0 Å². The summed E-state index contributed by atoms with van der Waals surface area (Å²) in [6.45, 7) is 6.12. The maximum Gasteiger partial charge on any atom is 0.341 e. The van der Waals surface area contributed by atoms with E-state index in [0.29, 0.717) is 17.9 Å². The minimum Gasteiger partial charge on any atom is -0.468 e. The van der Waals surface area contributed by atoms with Crippen molar-refractivity contribution >= 4 is 5.97 Å². The van der Waals surface area contributed by atoms with Crippen molar-refractivity contribution in [1.29, 1.82) is 0 Å². The smallest absolute Gasteiger partial charge is 0.341 e. The van der Waals surface area contributed by atoms with Crippen molar-refractivity contribution in [2.75, 3.05) is 6.61 Å². The number of carbonyl (C=O) groups is 1. The molecule has 0 aromatic carbocycles. The average molecular weight is 210 g/mol. The molecule has 1 heterocycles. The third-order valence-electron chi connectivity index (χ3n) is 2.33. The van der Waals surface area contributed by atoms with Gasteiger partial charge in [-0.05, 0) is 26.7 Å². The van der Waals surface area contributed by atoms with E-state index in [1.165, 1.54) is 0 Å². The van der Waals surface area contributed by atoms with Crippen LogP contribution < -0.4 is 0 Å². The number of rotatable bonds is 5. The van der Waals surface area contributed by atoms with E-state index >= 15 is 0 Å². The molecular weight excluding hydrogens is 192 g/mol. The number of ether oxygens (including phenoxy) is 1. The number of unbranched alkanes of at least 4 members (excludes halogenated alkanes) is 1. The fourth-order valence-electron chi connectivity index (χ4n) is 1.53. The van der Waals surface area contributed by atoms with E-state index in [1.807, 2.05) is 0 Å². The molecule has 1 aromatic heterocycles. The molecule has 84 valence electrons. The molecule has 3 nitrogen and oxygen atoms in total. The topological polar surface area (TPSA) is 39.4 Å². The van der Waals surface area contributed by atoms with Gasteiger partial charge in [0.15, 0.2) is 0 Å². The molecule has 0 aliphatic carbocycles. The van der Waals surface area contributed by atoms with E-state index in [0.717, 1.165) is 24.8 Å². The Hall–Kier alpha value is -1.25. The van der Waals surface area contributed by atoms with Crippen LogP contribution in [-0.2, 0) is 11.2 Å². The summed E-state index contributed by atoms with van der Waals surface area (Å²) in [5.74, 6) is 0.384. The zero-order valence-electron chi connectivity index (χ0n) is 9.63. The van der Waals surface area contributed by atoms with Crippen LogP contribution in [0.2, 0.25) is 0 Å². The summed E-state index contributed by atoms with van der Waals surface area (Å²) < 4.78 is 10.2. The first-order valence-electron chi connectivity index (χ1n) is 5.44. The average Bonchev–Trinajstić information content (AvgIpc) is 2.57. The van der Waals surface area contributed by atoms with Gasteiger partial charge in [-0.3, -0.25) is 0 Å². The molecule has 0 aliphatic heterocycles. The van der Waals surface area contributed by atoms with Gasteiger partial charge in [-0.1, -0.05) is 13.3 Å². The fourth-order valence-corrected chi connectivity index (χ4v) is 1.53. The lowest BCUT2D eigenvalue weighted by Gasteiger charge is -2.03. The van der Waals surface area contributed by atoms with Crippen molar-refractivity contribution in [3.8, 4) is 0 Å². The summed E-state index contributed by atoms with van der Waals surface area (Å²) in [4.78, 5) is 11.6. The molecule has 0 radical (unpaired) electrons. The summed E-state index contributed by atoms with van der Waals surface area (Å²) in [7, 11) is 0. The highest BCUT2D eigenvalue weighted by atomic mass is 16.5. The Morgan fingerprint density at radius 3 is 2.80 bits per heavy atom. The molecular formula is C12H18O3. The van der Waals surface area contributed by atoms with Crippen molar-refractivity contribution in [3.05, 3.63) is 23.2 Å². The third kappa shape index (κ3) is 2.85. The van der Waals surface area contributed by atoms with Crippen LogP contribution in [0.15, 0.2) is 10.7 Å². The predicted molar refractivity (Wildman–Crippen MR) is 58.0 cm³/mol. The molecule has 0 N–H and O–H groups in total. The van der Waals surface area contributed by atoms with E-state index in [9.17, 15) is 4.79 Å². The molecule has 0 spiro atoms. The highest BCUT2D eigenvalue weighted by molar-refractivity contribution is 5.92.